The maximum atomic E-state index is 13.6. The van der Waals surface area contributed by atoms with Crippen LogP contribution in [-0.4, -0.2) is 62.6 Å². The van der Waals surface area contributed by atoms with E-state index < -0.39 is 10.0 Å². The first-order chi connectivity index (χ1) is 14.9. The Balaban J connectivity index is 1.33. The number of piperazine rings is 1. The molecule has 1 saturated heterocycles. The van der Waals surface area contributed by atoms with Crippen molar-refractivity contribution in [3.05, 3.63) is 18.2 Å². The summed E-state index contributed by atoms with van der Waals surface area (Å²) in [6.07, 6.45) is 8.29. The van der Waals surface area contributed by atoms with E-state index >= 15 is 0 Å². The lowest BCUT2D eigenvalue weighted by atomic mass is 9.52. The SMILES string of the molecule is CCOc1ccc(OCC)c(S(=O)(=O)N2CCN(C34CC5CC(CC(C5)C3)C4)CC2)c1. The Labute approximate surface area is 186 Å². The average Bonchev–Trinajstić information content (AvgIpc) is 2.74. The molecule has 4 saturated carbocycles. The van der Waals surface area contributed by atoms with Crippen LogP contribution in [0.3, 0.4) is 0 Å². The van der Waals surface area contributed by atoms with Gasteiger partial charge < -0.3 is 9.47 Å². The van der Waals surface area contributed by atoms with Crippen LogP contribution >= 0.6 is 0 Å². The maximum Gasteiger partial charge on any atom is 0.246 e. The molecule has 1 aromatic carbocycles. The molecule has 0 aromatic heterocycles. The van der Waals surface area contributed by atoms with Gasteiger partial charge in [-0.1, -0.05) is 0 Å². The second kappa shape index (κ2) is 8.23. The van der Waals surface area contributed by atoms with Gasteiger partial charge in [0.25, 0.3) is 0 Å². The van der Waals surface area contributed by atoms with Crippen molar-refractivity contribution in [3.8, 4) is 11.5 Å². The molecule has 0 spiro atoms. The van der Waals surface area contributed by atoms with Gasteiger partial charge in [0.2, 0.25) is 10.0 Å². The number of sulfonamides is 1. The van der Waals surface area contributed by atoms with Gasteiger partial charge >= 0.3 is 0 Å². The largest absolute Gasteiger partial charge is 0.494 e. The average molecular weight is 449 g/mol. The number of hydrogen-bond donors (Lipinski definition) is 0. The van der Waals surface area contributed by atoms with Crippen LogP contribution in [-0.2, 0) is 10.0 Å². The minimum Gasteiger partial charge on any atom is -0.494 e. The fourth-order valence-corrected chi connectivity index (χ4v) is 8.78. The molecule has 0 unspecified atom stereocenters. The Morgan fingerprint density at radius 3 is 2.03 bits per heavy atom. The van der Waals surface area contributed by atoms with Gasteiger partial charge in [-0.2, -0.15) is 4.31 Å². The van der Waals surface area contributed by atoms with E-state index in [9.17, 15) is 8.42 Å². The number of benzene rings is 1. The third-order valence-electron chi connectivity index (χ3n) is 8.06. The highest BCUT2D eigenvalue weighted by atomic mass is 32.2. The number of nitrogens with zero attached hydrogens (tertiary/aromatic N) is 2. The summed E-state index contributed by atoms with van der Waals surface area (Å²) in [6, 6.07) is 5.11. The van der Waals surface area contributed by atoms with Crippen molar-refractivity contribution in [3.63, 3.8) is 0 Å². The molecular formula is C24H36N2O4S. The monoisotopic (exact) mass is 448 g/mol. The Hall–Kier alpha value is -1.31. The van der Waals surface area contributed by atoms with Crippen LogP contribution in [0.25, 0.3) is 0 Å². The Bertz CT molecular complexity index is 873. The summed E-state index contributed by atoms with van der Waals surface area (Å²) < 4.78 is 40.0. The minimum absolute atomic E-state index is 0.226. The molecule has 6 nitrogen and oxygen atoms in total. The van der Waals surface area contributed by atoms with Crippen LogP contribution in [0.5, 0.6) is 11.5 Å². The van der Waals surface area contributed by atoms with Gasteiger partial charge in [0, 0.05) is 37.8 Å². The smallest absolute Gasteiger partial charge is 0.246 e. The van der Waals surface area contributed by atoms with Gasteiger partial charge in [-0.25, -0.2) is 8.42 Å². The van der Waals surface area contributed by atoms with Crippen LogP contribution in [0.1, 0.15) is 52.4 Å². The molecule has 1 heterocycles. The standard InChI is InChI=1S/C24H36N2O4S/c1-3-29-21-5-6-22(30-4-2)23(14-21)31(27,28)26-9-7-25(8-10-26)24-15-18-11-19(16-24)13-20(12-18)17-24/h5-6,14,18-20H,3-4,7-13,15-17H2,1-2H3. The summed E-state index contributed by atoms with van der Waals surface area (Å²) in [7, 11) is -3.63. The quantitative estimate of drug-likeness (QED) is 0.636. The predicted octanol–water partition coefficient (Wildman–Crippen LogP) is 3.76. The number of rotatable bonds is 7. The number of ether oxygens (including phenoxy) is 2. The van der Waals surface area contributed by atoms with Crippen molar-refractivity contribution >= 4 is 10.0 Å². The highest BCUT2D eigenvalue weighted by Crippen LogP contribution is 2.57. The van der Waals surface area contributed by atoms with Crippen LogP contribution < -0.4 is 9.47 Å². The molecule has 7 heteroatoms. The zero-order valence-corrected chi connectivity index (χ0v) is 19.7. The van der Waals surface area contributed by atoms with Crippen LogP contribution in [0.2, 0.25) is 0 Å². The summed E-state index contributed by atoms with van der Waals surface area (Å²) in [4.78, 5) is 2.88. The van der Waals surface area contributed by atoms with Crippen molar-refractivity contribution in [1.29, 1.82) is 0 Å². The summed E-state index contributed by atoms with van der Waals surface area (Å²) in [6.45, 7) is 7.46. The van der Waals surface area contributed by atoms with Crippen molar-refractivity contribution in [2.24, 2.45) is 17.8 Å². The first-order valence-corrected chi connectivity index (χ1v) is 13.5. The van der Waals surface area contributed by atoms with Gasteiger partial charge in [0.05, 0.1) is 13.2 Å². The Morgan fingerprint density at radius 2 is 1.48 bits per heavy atom. The van der Waals surface area contributed by atoms with E-state index in [1.54, 1.807) is 22.5 Å². The second-order valence-electron chi connectivity index (χ2n) is 10.0. The molecule has 4 bridgehead atoms. The van der Waals surface area contributed by atoms with E-state index in [0.717, 1.165) is 30.8 Å². The molecule has 5 fully saturated rings. The lowest BCUT2D eigenvalue weighted by Gasteiger charge is -2.61. The molecule has 1 aromatic rings. The topological polar surface area (TPSA) is 59.1 Å². The predicted molar refractivity (Wildman–Crippen MR) is 120 cm³/mol. The van der Waals surface area contributed by atoms with E-state index in [4.69, 9.17) is 9.47 Å². The van der Waals surface area contributed by atoms with Gasteiger partial charge in [-0.15, -0.1) is 0 Å². The van der Waals surface area contributed by atoms with E-state index in [0.29, 0.717) is 43.3 Å². The van der Waals surface area contributed by atoms with E-state index in [-0.39, 0.29) is 4.90 Å². The molecule has 172 valence electrons. The lowest BCUT2D eigenvalue weighted by molar-refractivity contribution is -0.0964. The fraction of sp³-hybridized carbons (Fsp3) is 0.750. The first-order valence-electron chi connectivity index (χ1n) is 12.1. The Kier molecular flexibility index (Phi) is 5.72. The third-order valence-corrected chi connectivity index (χ3v) is 9.98. The summed E-state index contributed by atoms with van der Waals surface area (Å²) in [5, 5.41) is 0. The molecule has 1 aliphatic heterocycles. The molecule has 4 aliphatic carbocycles. The molecule has 5 aliphatic rings. The highest BCUT2D eigenvalue weighted by molar-refractivity contribution is 7.89. The molecular weight excluding hydrogens is 412 g/mol. The fourth-order valence-electron chi connectivity index (χ4n) is 7.22. The lowest BCUT2D eigenvalue weighted by Crippen LogP contribution is -2.64. The minimum atomic E-state index is -3.63. The van der Waals surface area contributed by atoms with Crippen molar-refractivity contribution in [1.82, 2.24) is 9.21 Å². The first kappa shape index (κ1) is 21.5. The van der Waals surface area contributed by atoms with Gasteiger partial charge in [0.1, 0.15) is 16.4 Å². The van der Waals surface area contributed by atoms with Gasteiger partial charge in [-0.05, 0) is 82.3 Å². The maximum absolute atomic E-state index is 13.6. The van der Waals surface area contributed by atoms with Crippen LogP contribution in [0.4, 0.5) is 0 Å². The molecule has 0 atom stereocenters. The third kappa shape index (κ3) is 3.87. The summed E-state index contributed by atoms with van der Waals surface area (Å²) >= 11 is 0. The van der Waals surface area contributed by atoms with E-state index in [2.05, 4.69) is 4.90 Å². The van der Waals surface area contributed by atoms with Gasteiger partial charge in [0.15, 0.2) is 0 Å². The zero-order valence-electron chi connectivity index (χ0n) is 18.9. The molecule has 31 heavy (non-hydrogen) atoms. The molecule has 0 radical (unpaired) electrons. The zero-order chi connectivity index (χ0) is 21.6. The summed E-state index contributed by atoms with van der Waals surface area (Å²) in [5.74, 6) is 3.69. The van der Waals surface area contributed by atoms with E-state index in [1.807, 2.05) is 13.8 Å². The van der Waals surface area contributed by atoms with E-state index in [1.165, 1.54) is 38.5 Å². The molecule has 6 rings (SSSR count). The van der Waals surface area contributed by atoms with Crippen molar-refractivity contribution in [2.75, 3.05) is 39.4 Å². The second-order valence-corrected chi connectivity index (χ2v) is 11.9. The highest BCUT2D eigenvalue weighted by Gasteiger charge is 2.54. The molecule has 0 N–H and O–H groups in total. The van der Waals surface area contributed by atoms with Crippen molar-refractivity contribution < 1.29 is 17.9 Å². The summed E-state index contributed by atoms with van der Waals surface area (Å²) in [5.41, 5.74) is 0.343. The van der Waals surface area contributed by atoms with Gasteiger partial charge in [-0.3, -0.25) is 4.90 Å². The number of hydrogen-bond acceptors (Lipinski definition) is 5. The van der Waals surface area contributed by atoms with Crippen LogP contribution in [0.15, 0.2) is 23.1 Å². The normalized spacial score (nSPS) is 33.5. The van der Waals surface area contributed by atoms with Crippen molar-refractivity contribution in [2.45, 2.75) is 62.8 Å². The van der Waals surface area contributed by atoms with Crippen LogP contribution in [0, 0.1) is 17.8 Å². The molecule has 0 amide bonds. The Morgan fingerprint density at radius 1 is 0.903 bits per heavy atom.